The number of rotatable bonds is 5. The Morgan fingerprint density at radius 1 is 1.12 bits per heavy atom. The number of hydrogen-bond donors (Lipinski definition) is 1. The van der Waals surface area contributed by atoms with Gasteiger partial charge in [0, 0.05) is 49.1 Å². The first-order valence-corrected chi connectivity index (χ1v) is 11.3. The molecule has 4 rings (SSSR count). The summed E-state index contributed by atoms with van der Waals surface area (Å²) in [4.78, 5) is 27.2. The van der Waals surface area contributed by atoms with Gasteiger partial charge >= 0.3 is 6.18 Å². The number of hydrogen-bond acceptors (Lipinski definition) is 5. The summed E-state index contributed by atoms with van der Waals surface area (Å²) in [7, 11) is 0. The molecule has 0 atom stereocenters. The van der Waals surface area contributed by atoms with Gasteiger partial charge in [0.2, 0.25) is 5.91 Å². The van der Waals surface area contributed by atoms with Crippen molar-refractivity contribution in [1.82, 2.24) is 20.3 Å². The number of alkyl halides is 3. The standard InChI is InChI=1S/C24H23ClF3N5O/c1-2-21(34)31-17-8-11-33(12-9-17)20-14-30-22(15-3-5-16(6-4-15)24(26,27)28)23(32-20)18-7-10-29-13-19(18)25/h3-7,10,13-14,17H,2,8-9,11-12H2,1H3,(H,31,34). The van der Waals surface area contributed by atoms with Gasteiger partial charge in [0.25, 0.3) is 0 Å². The largest absolute Gasteiger partial charge is 0.416 e. The molecule has 1 aromatic carbocycles. The van der Waals surface area contributed by atoms with Crippen molar-refractivity contribution in [2.45, 2.75) is 38.4 Å². The number of piperidine rings is 1. The molecular weight excluding hydrogens is 467 g/mol. The minimum atomic E-state index is -4.42. The Labute approximate surface area is 200 Å². The van der Waals surface area contributed by atoms with E-state index in [0.717, 1.165) is 25.0 Å². The van der Waals surface area contributed by atoms with Crippen LogP contribution < -0.4 is 10.2 Å². The second kappa shape index (κ2) is 9.97. The number of pyridine rings is 1. The maximum Gasteiger partial charge on any atom is 0.416 e. The Morgan fingerprint density at radius 2 is 1.82 bits per heavy atom. The number of carbonyl (C=O) groups is 1. The predicted molar refractivity (Wildman–Crippen MR) is 124 cm³/mol. The van der Waals surface area contributed by atoms with Crippen LogP contribution in [0.25, 0.3) is 22.5 Å². The van der Waals surface area contributed by atoms with Gasteiger partial charge in [-0.1, -0.05) is 30.7 Å². The molecule has 6 nitrogen and oxygen atoms in total. The minimum Gasteiger partial charge on any atom is -0.355 e. The molecule has 178 valence electrons. The maximum atomic E-state index is 13.0. The molecule has 0 saturated carbocycles. The predicted octanol–water partition coefficient (Wildman–Crippen LogP) is 5.37. The zero-order valence-electron chi connectivity index (χ0n) is 18.4. The van der Waals surface area contributed by atoms with Crippen LogP contribution in [0.15, 0.2) is 48.9 Å². The number of anilines is 1. The van der Waals surface area contributed by atoms with E-state index < -0.39 is 11.7 Å². The number of halogens is 4. The minimum absolute atomic E-state index is 0.0359. The van der Waals surface area contributed by atoms with Gasteiger partial charge in [0.15, 0.2) is 0 Å². The summed E-state index contributed by atoms with van der Waals surface area (Å²) in [5, 5.41) is 3.39. The van der Waals surface area contributed by atoms with E-state index in [1.54, 1.807) is 18.5 Å². The van der Waals surface area contributed by atoms with Crippen LogP contribution in [0.2, 0.25) is 5.02 Å². The summed E-state index contributed by atoms with van der Waals surface area (Å²) >= 11 is 6.39. The van der Waals surface area contributed by atoms with E-state index in [9.17, 15) is 18.0 Å². The molecule has 1 saturated heterocycles. The van der Waals surface area contributed by atoms with Crippen LogP contribution in [0.1, 0.15) is 31.7 Å². The van der Waals surface area contributed by atoms with Crippen LogP contribution in [0, 0.1) is 0 Å². The molecule has 1 N–H and O–H groups in total. The zero-order valence-corrected chi connectivity index (χ0v) is 19.2. The smallest absolute Gasteiger partial charge is 0.355 e. The van der Waals surface area contributed by atoms with Gasteiger partial charge in [-0.3, -0.25) is 14.8 Å². The van der Waals surface area contributed by atoms with Gasteiger partial charge in [0.05, 0.1) is 22.5 Å². The van der Waals surface area contributed by atoms with Crippen LogP contribution in [0.4, 0.5) is 19.0 Å². The normalized spacial score (nSPS) is 14.8. The highest BCUT2D eigenvalue weighted by atomic mass is 35.5. The molecule has 0 unspecified atom stereocenters. The fraction of sp³-hybridized carbons (Fsp3) is 0.333. The molecule has 10 heteroatoms. The first-order chi connectivity index (χ1) is 16.3. The molecule has 3 heterocycles. The SMILES string of the molecule is CCC(=O)NC1CCN(c2cnc(-c3ccc(C(F)(F)F)cc3)c(-c3ccncc3Cl)n2)CC1. The van der Waals surface area contributed by atoms with Crippen molar-refractivity contribution < 1.29 is 18.0 Å². The number of nitrogens with one attached hydrogen (secondary N) is 1. The molecule has 3 aromatic rings. The van der Waals surface area contributed by atoms with Crippen LogP contribution in [0.3, 0.4) is 0 Å². The Balaban J connectivity index is 1.66. The molecule has 0 radical (unpaired) electrons. The van der Waals surface area contributed by atoms with Gasteiger partial charge in [-0.25, -0.2) is 4.98 Å². The molecule has 1 aliphatic rings. The van der Waals surface area contributed by atoms with Gasteiger partial charge < -0.3 is 10.2 Å². The Morgan fingerprint density at radius 3 is 2.44 bits per heavy atom. The van der Waals surface area contributed by atoms with Crippen molar-refractivity contribution in [2.75, 3.05) is 18.0 Å². The van der Waals surface area contributed by atoms with Crippen molar-refractivity contribution in [1.29, 1.82) is 0 Å². The Hall–Kier alpha value is -3.20. The number of carbonyl (C=O) groups excluding carboxylic acids is 1. The van der Waals surface area contributed by atoms with E-state index in [0.29, 0.717) is 52.9 Å². The van der Waals surface area contributed by atoms with Crippen molar-refractivity contribution in [3.8, 4) is 22.5 Å². The average molecular weight is 490 g/mol. The molecular formula is C24H23ClF3N5O. The first kappa shape index (κ1) is 23.9. The molecule has 1 aliphatic heterocycles. The summed E-state index contributed by atoms with van der Waals surface area (Å²) in [5.74, 6) is 0.674. The molecule has 1 fully saturated rings. The molecule has 0 aliphatic carbocycles. The first-order valence-electron chi connectivity index (χ1n) is 10.9. The quantitative estimate of drug-likeness (QED) is 0.521. The highest BCUT2D eigenvalue weighted by Gasteiger charge is 2.30. The third-order valence-corrected chi connectivity index (χ3v) is 6.08. The summed E-state index contributed by atoms with van der Waals surface area (Å²) in [5.41, 5.74) is 1.24. The lowest BCUT2D eigenvalue weighted by Crippen LogP contribution is -2.44. The highest BCUT2D eigenvalue weighted by Crippen LogP contribution is 2.36. The van der Waals surface area contributed by atoms with Crippen molar-refractivity contribution >= 4 is 23.3 Å². The number of aromatic nitrogens is 3. The van der Waals surface area contributed by atoms with E-state index in [2.05, 4.69) is 20.2 Å². The second-order valence-corrected chi connectivity index (χ2v) is 8.45. The molecule has 1 amide bonds. The molecule has 2 aromatic heterocycles. The third kappa shape index (κ3) is 5.30. The summed E-state index contributed by atoms with van der Waals surface area (Å²) < 4.78 is 39.0. The van der Waals surface area contributed by atoms with Crippen LogP contribution in [0.5, 0.6) is 0 Å². The van der Waals surface area contributed by atoms with Crippen molar-refractivity contribution in [2.24, 2.45) is 0 Å². The monoisotopic (exact) mass is 489 g/mol. The fourth-order valence-corrected chi connectivity index (χ4v) is 4.11. The van der Waals surface area contributed by atoms with Gasteiger partial charge in [-0.05, 0) is 31.0 Å². The lowest BCUT2D eigenvalue weighted by Gasteiger charge is -2.33. The molecule has 34 heavy (non-hydrogen) atoms. The second-order valence-electron chi connectivity index (χ2n) is 8.04. The van der Waals surface area contributed by atoms with Crippen molar-refractivity contribution in [3.63, 3.8) is 0 Å². The lowest BCUT2D eigenvalue weighted by atomic mass is 10.0. The van der Waals surface area contributed by atoms with Crippen LogP contribution >= 0.6 is 11.6 Å². The molecule has 0 bridgehead atoms. The van der Waals surface area contributed by atoms with E-state index in [1.165, 1.54) is 18.3 Å². The summed E-state index contributed by atoms with van der Waals surface area (Å²) in [6.07, 6.45) is 2.27. The average Bonchev–Trinajstić information content (AvgIpc) is 2.84. The maximum absolute atomic E-state index is 13.0. The Bertz CT molecular complexity index is 1160. The van der Waals surface area contributed by atoms with E-state index >= 15 is 0 Å². The van der Waals surface area contributed by atoms with Gasteiger partial charge in [0.1, 0.15) is 11.5 Å². The van der Waals surface area contributed by atoms with Crippen LogP contribution in [-0.2, 0) is 11.0 Å². The fourth-order valence-electron chi connectivity index (χ4n) is 3.90. The van der Waals surface area contributed by atoms with E-state index in [-0.39, 0.29) is 11.9 Å². The topological polar surface area (TPSA) is 71.0 Å². The summed E-state index contributed by atoms with van der Waals surface area (Å²) in [6, 6.07) is 6.64. The van der Waals surface area contributed by atoms with Crippen molar-refractivity contribution in [3.05, 3.63) is 59.5 Å². The summed E-state index contributed by atoms with van der Waals surface area (Å²) in [6.45, 7) is 3.20. The van der Waals surface area contributed by atoms with Gasteiger partial charge in [-0.2, -0.15) is 13.2 Å². The molecule has 0 spiro atoms. The number of amides is 1. The number of benzene rings is 1. The third-order valence-electron chi connectivity index (χ3n) is 5.78. The highest BCUT2D eigenvalue weighted by molar-refractivity contribution is 6.33. The zero-order chi connectivity index (χ0) is 24.3. The number of nitrogens with zero attached hydrogens (tertiary/aromatic N) is 4. The Kier molecular flexibility index (Phi) is 7.02. The van der Waals surface area contributed by atoms with Crippen LogP contribution in [-0.4, -0.2) is 40.0 Å². The van der Waals surface area contributed by atoms with E-state index in [4.69, 9.17) is 16.6 Å². The lowest BCUT2D eigenvalue weighted by molar-refractivity contribution is -0.137. The van der Waals surface area contributed by atoms with Gasteiger partial charge in [-0.15, -0.1) is 0 Å². The van der Waals surface area contributed by atoms with E-state index in [1.807, 2.05) is 6.92 Å².